The first-order chi connectivity index (χ1) is 11.6. The number of halogens is 2. The van der Waals surface area contributed by atoms with Crippen molar-refractivity contribution < 1.29 is 8.78 Å². The summed E-state index contributed by atoms with van der Waals surface area (Å²) in [5.41, 5.74) is 1.78. The first-order valence-electron chi connectivity index (χ1n) is 7.05. The number of hydrogen-bond acceptors (Lipinski definition) is 4. The van der Waals surface area contributed by atoms with Gasteiger partial charge in [0, 0.05) is 30.1 Å². The number of rotatable bonds is 3. The fraction of sp³-hybridized carbons (Fsp3) is 0.0625. The van der Waals surface area contributed by atoms with Crippen LogP contribution in [-0.2, 0) is 5.75 Å². The third-order valence-electron chi connectivity index (χ3n) is 3.48. The molecular weight excluding hydrogens is 334 g/mol. The zero-order chi connectivity index (χ0) is 16.7. The second kappa shape index (κ2) is 5.72. The second-order valence-electron chi connectivity index (χ2n) is 5.13. The van der Waals surface area contributed by atoms with Gasteiger partial charge in [-0.05, 0) is 12.1 Å². The van der Waals surface area contributed by atoms with Gasteiger partial charge in [0.05, 0.1) is 16.7 Å². The van der Waals surface area contributed by atoms with Crippen LogP contribution in [0.2, 0.25) is 0 Å². The molecular formula is C16H10F2N4OS. The molecule has 8 heteroatoms. The lowest BCUT2D eigenvalue weighted by molar-refractivity contribution is 0.510. The van der Waals surface area contributed by atoms with Crippen LogP contribution in [0.3, 0.4) is 0 Å². The number of fused-ring (bicyclic) bond motifs is 2. The van der Waals surface area contributed by atoms with Crippen molar-refractivity contribution in [2.45, 2.75) is 10.9 Å². The van der Waals surface area contributed by atoms with Crippen molar-refractivity contribution in [1.82, 2.24) is 19.4 Å². The van der Waals surface area contributed by atoms with Crippen molar-refractivity contribution in [1.29, 1.82) is 0 Å². The minimum atomic E-state index is -0.935. The Labute approximate surface area is 138 Å². The van der Waals surface area contributed by atoms with Gasteiger partial charge in [-0.2, -0.15) is 0 Å². The Morgan fingerprint density at radius 3 is 2.83 bits per heavy atom. The molecule has 1 N–H and O–H groups in total. The molecule has 4 rings (SSSR count). The van der Waals surface area contributed by atoms with E-state index in [4.69, 9.17) is 0 Å². The summed E-state index contributed by atoms with van der Waals surface area (Å²) in [6, 6.07) is 8.90. The average molecular weight is 344 g/mol. The number of nitrogens with one attached hydrogen (secondary N) is 1. The van der Waals surface area contributed by atoms with Gasteiger partial charge >= 0.3 is 0 Å². The molecule has 24 heavy (non-hydrogen) atoms. The SMILES string of the molecule is O=c1cc(CSc2nc3cc(F)c(F)cc3[nH]2)nc2ccccn12. The van der Waals surface area contributed by atoms with Crippen LogP contribution in [0.4, 0.5) is 8.78 Å². The number of hydrogen-bond donors (Lipinski definition) is 1. The number of pyridine rings is 1. The summed E-state index contributed by atoms with van der Waals surface area (Å²) in [7, 11) is 0. The van der Waals surface area contributed by atoms with Gasteiger partial charge in [0.1, 0.15) is 5.65 Å². The molecule has 3 heterocycles. The number of imidazole rings is 1. The third kappa shape index (κ3) is 2.65. The number of nitrogens with zero attached hydrogens (tertiary/aromatic N) is 3. The monoisotopic (exact) mass is 344 g/mol. The molecule has 0 unspecified atom stereocenters. The van der Waals surface area contributed by atoms with E-state index in [0.29, 0.717) is 33.3 Å². The normalized spacial score (nSPS) is 11.4. The van der Waals surface area contributed by atoms with E-state index in [9.17, 15) is 13.6 Å². The second-order valence-corrected chi connectivity index (χ2v) is 6.09. The summed E-state index contributed by atoms with van der Waals surface area (Å²) in [5.74, 6) is -1.45. The molecule has 5 nitrogen and oxygen atoms in total. The van der Waals surface area contributed by atoms with Gasteiger partial charge in [-0.3, -0.25) is 9.20 Å². The predicted molar refractivity (Wildman–Crippen MR) is 87.0 cm³/mol. The molecule has 3 aromatic heterocycles. The van der Waals surface area contributed by atoms with Crippen LogP contribution < -0.4 is 5.56 Å². The number of benzene rings is 1. The van der Waals surface area contributed by atoms with Gasteiger partial charge in [0.2, 0.25) is 0 Å². The Morgan fingerprint density at radius 1 is 1.12 bits per heavy atom. The molecule has 1 aromatic carbocycles. The highest BCUT2D eigenvalue weighted by Gasteiger charge is 2.10. The average Bonchev–Trinajstić information content (AvgIpc) is 2.95. The van der Waals surface area contributed by atoms with E-state index in [2.05, 4.69) is 15.0 Å². The number of aromatic nitrogens is 4. The summed E-state index contributed by atoms with van der Waals surface area (Å²) in [4.78, 5) is 23.6. The smallest absolute Gasteiger partial charge is 0.258 e. The Bertz CT molecular complexity index is 1080. The van der Waals surface area contributed by atoms with E-state index in [-0.39, 0.29) is 5.56 Å². The molecule has 0 radical (unpaired) electrons. The Hall–Kier alpha value is -2.74. The highest BCUT2D eigenvalue weighted by atomic mass is 32.2. The van der Waals surface area contributed by atoms with E-state index < -0.39 is 11.6 Å². The minimum Gasteiger partial charge on any atom is -0.333 e. The molecule has 0 spiro atoms. The molecule has 0 aliphatic rings. The van der Waals surface area contributed by atoms with E-state index in [1.165, 1.54) is 22.2 Å². The lowest BCUT2D eigenvalue weighted by Crippen LogP contribution is -2.14. The Morgan fingerprint density at radius 2 is 1.96 bits per heavy atom. The first kappa shape index (κ1) is 14.8. The van der Waals surface area contributed by atoms with E-state index in [1.807, 2.05) is 0 Å². The van der Waals surface area contributed by atoms with E-state index in [1.54, 1.807) is 24.4 Å². The van der Waals surface area contributed by atoms with Gasteiger partial charge in [-0.1, -0.05) is 17.8 Å². The number of aromatic amines is 1. The molecule has 0 aliphatic carbocycles. The van der Waals surface area contributed by atoms with Crippen LogP contribution in [-0.4, -0.2) is 19.4 Å². The first-order valence-corrected chi connectivity index (χ1v) is 8.03. The van der Waals surface area contributed by atoms with Gasteiger partial charge < -0.3 is 4.98 Å². The largest absolute Gasteiger partial charge is 0.333 e. The van der Waals surface area contributed by atoms with Crippen LogP contribution >= 0.6 is 11.8 Å². The Balaban J connectivity index is 1.62. The van der Waals surface area contributed by atoms with Crippen molar-refractivity contribution in [3.05, 3.63) is 70.3 Å². The summed E-state index contributed by atoms with van der Waals surface area (Å²) < 4.78 is 27.9. The van der Waals surface area contributed by atoms with Crippen LogP contribution in [0.5, 0.6) is 0 Å². The summed E-state index contributed by atoms with van der Waals surface area (Å²) in [5, 5.41) is 0.505. The molecule has 0 saturated heterocycles. The van der Waals surface area contributed by atoms with Crippen LogP contribution in [0, 0.1) is 11.6 Å². The van der Waals surface area contributed by atoms with Crippen LogP contribution in [0.1, 0.15) is 5.69 Å². The molecule has 0 amide bonds. The minimum absolute atomic E-state index is 0.162. The van der Waals surface area contributed by atoms with Crippen molar-refractivity contribution >= 4 is 28.4 Å². The van der Waals surface area contributed by atoms with Gasteiger partial charge in [0.25, 0.3) is 5.56 Å². The topological polar surface area (TPSA) is 63.0 Å². The molecule has 0 aliphatic heterocycles. The number of H-pyrrole nitrogens is 1. The quantitative estimate of drug-likeness (QED) is 0.580. The predicted octanol–water partition coefficient (Wildman–Crippen LogP) is 3.14. The third-order valence-corrected chi connectivity index (χ3v) is 4.39. The maximum absolute atomic E-state index is 13.2. The number of thioether (sulfide) groups is 1. The molecule has 4 aromatic rings. The lowest BCUT2D eigenvalue weighted by Gasteiger charge is -2.02. The van der Waals surface area contributed by atoms with Gasteiger partial charge in [0.15, 0.2) is 16.8 Å². The van der Waals surface area contributed by atoms with Gasteiger partial charge in [-0.25, -0.2) is 18.7 Å². The summed E-state index contributed by atoms with van der Waals surface area (Å²) in [6.45, 7) is 0. The van der Waals surface area contributed by atoms with Gasteiger partial charge in [-0.15, -0.1) is 0 Å². The Kier molecular flexibility index (Phi) is 3.53. The van der Waals surface area contributed by atoms with Crippen LogP contribution in [0.25, 0.3) is 16.7 Å². The molecule has 120 valence electrons. The highest BCUT2D eigenvalue weighted by molar-refractivity contribution is 7.98. The molecule has 0 fully saturated rings. The zero-order valence-electron chi connectivity index (χ0n) is 12.2. The molecule has 0 saturated carbocycles. The standard InChI is InChI=1S/C16H10F2N4OS/c17-10-6-12-13(7-11(10)18)21-16(20-12)24-8-9-5-15(23)22-4-2-1-3-14(22)19-9/h1-7H,8H2,(H,20,21). The molecule has 0 atom stereocenters. The fourth-order valence-corrected chi connectivity index (χ4v) is 3.15. The maximum Gasteiger partial charge on any atom is 0.258 e. The zero-order valence-corrected chi connectivity index (χ0v) is 13.0. The fourth-order valence-electron chi connectivity index (χ4n) is 2.37. The van der Waals surface area contributed by atoms with Crippen molar-refractivity contribution in [2.75, 3.05) is 0 Å². The van der Waals surface area contributed by atoms with E-state index in [0.717, 1.165) is 12.1 Å². The van der Waals surface area contributed by atoms with Crippen molar-refractivity contribution in [3.8, 4) is 0 Å². The van der Waals surface area contributed by atoms with E-state index >= 15 is 0 Å². The lowest BCUT2D eigenvalue weighted by atomic mass is 10.3. The van der Waals surface area contributed by atoms with Crippen molar-refractivity contribution in [2.24, 2.45) is 0 Å². The highest BCUT2D eigenvalue weighted by Crippen LogP contribution is 2.23. The summed E-state index contributed by atoms with van der Waals surface area (Å²) >= 11 is 1.31. The van der Waals surface area contributed by atoms with Crippen molar-refractivity contribution in [3.63, 3.8) is 0 Å². The molecule has 0 bridgehead atoms. The maximum atomic E-state index is 13.2. The van der Waals surface area contributed by atoms with Crippen LogP contribution in [0.15, 0.2) is 52.5 Å². The summed E-state index contributed by atoms with van der Waals surface area (Å²) in [6.07, 6.45) is 1.66.